The highest BCUT2D eigenvalue weighted by atomic mass is 16.5. The lowest BCUT2D eigenvalue weighted by Crippen LogP contribution is -2.30. The van der Waals surface area contributed by atoms with Gasteiger partial charge < -0.3 is 14.5 Å². The molecular formula is C18H26N2O2. The zero-order valence-corrected chi connectivity index (χ0v) is 13.7. The van der Waals surface area contributed by atoms with Crippen LogP contribution in [0.5, 0.6) is 5.75 Å². The molecule has 1 N–H and O–H groups in total. The second-order valence-electron chi connectivity index (χ2n) is 5.62. The molecule has 1 heterocycles. The Morgan fingerprint density at radius 1 is 1.23 bits per heavy atom. The second-order valence-corrected chi connectivity index (χ2v) is 5.62. The van der Waals surface area contributed by atoms with Gasteiger partial charge in [0.1, 0.15) is 11.5 Å². The first-order valence-corrected chi connectivity index (χ1v) is 7.83. The fraction of sp³-hybridized carbons (Fsp3) is 0.444. The van der Waals surface area contributed by atoms with E-state index in [0.29, 0.717) is 0 Å². The lowest BCUT2D eigenvalue weighted by atomic mass is 10.2. The van der Waals surface area contributed by atoms with E-state index < -0.39 is 0 Å². The van der Waals surface area contributed by atoms with Crippen LogP contribution in [0.1, 0.15) is 30.7 Å². The molecule has 0 fully saturated rings. The molecule has 2 rings (SSSR count). The van der Waals surface area contributed by atoms with Gasteiger partial charge in [0.15, 0.2) is 0 Å². The molecule has 0 radical (unpaired) electrons. The summed E-state index contributed by atoms with van der Waals surface area (Å²) in [5.74, 6) is 1.92. The Kier molecular flexibility index (Phi) is 6.49. The minimum Gasteiger partial charge on any atom is -0.494 e. The van der Waals surface area contributed by atoms with Crippen molar-refractivity contribution < 1.29 is 9.15 Å². The third-order valence-corrected chi connectivity index (χ3v) is 3.53. The van der Waals surface area contributed by atoms with Crippen LogP contribution in [-0.4, -0.2) is 32.1 Å². The maximum absolute atomic E-state index is 5.67. The molecule has 4 nitrogen and oxygen atoms in total. The summed E-state index contributed by atoms with van der Waals surface area (Å²) >= 11 is 0. The minimum atomic E-state index is 0.231. The van der Waals surface area contributed by atoms with Crippen molar-refractivity contribution in [1.29, 1.82) is 0 Å². The predicted octanol–water partition coefficient (Wildman–Crippen LogP) is 3.46. The average Bonchev–Trinajstić information content (AvgIpc) is 3.03. The summed E-state index contributed by atoms with van der Waals surface area (Å²) in [5.41, 5.74) is 1.23. The van der Waals surface area contributed by atoms with Gasteiger partial charge in [0, 0.05) is 13.1 Å². The molecule has 0 saturated heterocycles. The average molecular weight is 302 g/mol. The lowest BCUT2D eigenvalue weighted by Gasteiger charge is -2.22. The molecule has 0 bridgehead atoms. The standard InChI is InChI=1S/C18H26N2O2/c1-4-10-21-16-8-5-7-15(12-16)13-19-14-17(20(2)3)18-9-6-11-22-18/h5-9,11-12,17,19H,4,10,13-14H2,1-3H3. The number of ether oxygens (including phenoxy) is 1. The number of nitrogens with zero attached hydrogens (tertiary/aromatic N) is 1. The van der Waals surface area contributed by atoms with E-state index in [1.807, 2.05) is 24.3 Å². The van der Waals surface area contributed by atoms with Gasteiger partial charge in [0.2, 0.25) is 0 Å². The van der Waals surface area contributed by atoms with E-state index in [1.54, 1.807) is 6.26 Å². The highest BCUT2D eigenvalue weighted by Gasteiger charge is 2.16. The number of nitrogens with one attached hydrogen (secondary N) is 1. The SMILES string of the molecule is CCCOc1cccc(CNCC(c2ccco2)N(C)C)c1. The maximum atomic E-state index is 5.67. The number of likely N-dealkylation sites (N-methyl/N-ethyl adjacent to an activating group) is 1. The van der Waals surface area contributed by atoms with Crippen LogP contribution >= 0.6 is 0 Å². The van der Waals surface area contributed by atoms with Gasteiger partial charge in [-0.25, -0.2) is 0 Å². The first-order valence-electron chi connectivity index (χ1n) is 7.83. The molecule has 0 saturated carbocycles. The van der Waals surface area contributed by atoms with E-state index in [4.69, 9.17) is 9.15 Å². The van der Waals surface area contributed by atoms with Gasteiger partial charge in [0.25, 0.3) is 0 Å². The summed E-state index contributed by atoms with van der Waals surface area (Å²) < 4.78 is 11.2. The summed E-state index contributed by atoms with van der Waals surface area (Å²) in [4.78, 5) is 2.16. The van der Waals surface area contributed by atoms with Crippen LogP contribution in [0.3, 0.4) is 0 Å². The Bertz CT molecular complexity index is 538. The van der Waals surface area contributed by atoms with Crippen molar-refractivity contribution in [3.8, 4) is 5.75 Å². The van der Waals surface area contributed by atoms with Gasteiger partial charge in [-0.1, -0.05) is 19.1 Å². The van der Waals surface area contributed by atoms with E-state index in [9.17, 15) is 0 Å². The summed E-state index contributed by atoms with van der Waals surface area (Å²) in [6.07, 6.45) is 2.75. The molecule has 0 aliphatic heterocycles. The Labute approximate surface area is 133 Å². The van der Waals surface area contributed by atoms with Crippen LogP contribution in [0.25, 0.3) is 0 Å². The number of hydrogen-bond donors (Lipinski definition) is 1. The molecule has 1 unspecified atom stereocenters. The Morgan fingerprint density at radius 2 is 2.09 bits per heavy atom. The fourth-order valence-corrected chi connectivity index (χ4v) is 2.34. The predicted molar refractivity (Wildman–Crippen MR) is 89.1 cm³/mol. The number of hydrogen-bond acceptors (Lipinski definition) is 4. The van der Waals surface area contributed by atoms with Crippen molar-refractivity contribution in [2.75, 3.05) is 27.2 Å². The number of rotatable bonds is 9. The number of benzene rings is 1. The normalized spacial score (nSPS) is 12.5. The van der Waals surface area contributed by atoms with Crippen LogP contribution in [0.4, 0.5) is 0 Å². The molecule has 2 aromatic rings. The molecule has 1 atom stereocenters. The molecule has 0 spiro atoms. The summed E-state index contributed by atoms with van der Waals surface area (Å²) in [6, 6.07) is 12.4. The quantitative estimate of drug-likeness (QED) is 0.770. The fourth-order valence-electron chi connectivity index (χ4n) is 2.34. The summed E-state index contributed by atoms with van der Waals surface area (Å²) in [6.45, 7) is 4.52. The summed E-state index contributed by atoms with van der Waals surface area (Å²) in [5, 5.41) is 3.50. The van der Waals surface area contributed by atoms with E-state index in [-0.39, 0.29) is 6.04 Å². The van der Waals surface area contributed by atoms with Crippen molar-refractivity contribution in [3.05, 3.63) is 54.0 Å². The second kappa shape index (κ2) is 8.61. The third kappa shape index (κ3) is 4.90. The van der Waals surface area contributed by atoms with Gasteiger partial charge in [-0.2, -0.15) is 0 Å². The van der Waals surface area contributed by atoms with Crippen molar-refractivity contribution in [2.24, 2.45) is 0 Å². The van der Waals surface area contributed by atoms with Crippen molar-refractivity contribution in [2.45, 2.75) is 25.9 Å². The van der Waals surface area contributed by atoms with Crippen LogP contribution in [0.15, 0.2) is 47.1 Å². The van der Waals surface area contributed by atoms with E-state index >= 15 is 0 Å². The molecule has 1 aromatic heterocycles. The van der Waals surface area contributed by atoms with Crippen molar-refractivity contribution in [3.63, 3.8) is 0 Å². The monoisotopic (exact) mass is 302 g/mol. The largest absolute Gasteiger partial charge is 0.494 e. The van der Waals surface area contributed by atoms with Crippen LogP contribution in [0, 0.1) is 0 Å². The molecular weight excluding hydrogens is 276 g/mol. The molecule has 22 heavy (non-hydrogen) atoms. The van der Waals surface area contributed by atoms with Gasteiger partial charge in [-0.15, -0.1) is 0 Å². The maximum Gasteiger partial charge on any atom is 0.122 e. The molecule has 0 amide bonds. The Hall–Kier alpha value is -1.78. The highest BCUT2D eigenvalue weighted by Crippen LogP contribution is 2.18. The molecule has 4 heteroatoms. The lowest BCUT2D eigenvalue weighted by molar-refractivity contribution is 0.250. The first-order chi connectivity index (χ1) is 10.7. The Balaban J connectivity index is 1.87. The van der Waals surface area contributed by atoms with Crippen molar-refractivity contribution >= 4 is 0 Å². The molecule has 0 aliphatic rings. The highest BCUT2D eigenvalue weighted by molar-refractivity contribution is 5.28. The van der Waals surface area contributed by atoms with Crippen LogP contribution in [-0.2, 0) is 6.54 Å². The van der Waals surface area contributed by atoms with E-state index in [0.717, 1.165) is 37.6 Å². The van der Waals surface area contributed by atoms with E-state index in [2.05, 4.69) is 43.4 Å². The van der Waals surface area contributed by atoms with Crippen LogP contribution in [0.2, 0.25) is 0 Å². The molecule has 0 aliphatic carbocycles. The van der Waals surface area contributed by atoms with E-state index in [1.165, 1.54) is 5.56 Å². The first kappa shape index (κ1) is 16.6. The third-order valence-electron chi connectivity index (χ3n) is 3.53. The summed E-state index contributed by atoms with van der Waals surface area (Å²) in [7, 11) is 4.13. The minimum absolute atomic E-state index is 0.231. The van der Waals surface area contributed by atoms with Gasteiger partial charge in [-0.05, 0) is 50.3 Å². The van der Waals surface area contributed by atoms with Gasteiger partial charge in [-0.3, -0.25) is 4.90 Å². The molecule has 120 valence electrons. The van der Waals surface area contributed by atoms with Crippen LogP contribution < -0.4 is 10.1 Å². The van der Waals surface area contributed by atoms with Gasteiger partial charge >= 0.3 is 0 Å². The molecule has 1 aromatic carbocycles. The van der Waals surface area contributed by atoms with Crippen molar-refractivity contribution in [1.82, 2.24) is 10.2 Å². The number of furan rings is 1. The topological polar surface area (TPSA) is 37.6 Å². The zero-order chi connectivity index (χ0) is 15.8. The van der Waals surface area contributed by atoms with Gasteiger partial charge in [0.05, 0.1) is 18.9 Å². The smallest absolute Gasteiger partial charge is 0.122 e. The zero-order valence-electron chi connectivity index (χ0n) is 13.7. The Morgan fingerprint density at radius 3 is 2.77 bits per heavy atom.